The van der Waals surface area contributed by atoms with E-state index in [4.69, 9.17) is 24.0 Å². The van der Waals surface area contributed by atoms with E-state index in [1.807, 2.05) is 0 Å². The van der Waals surface area contributed by atoms with Crippen LogP contribution in [0, 0.1) is 0 Å². The number of aliphatic hydroxyl groups is 7. The molecule has 0 saturated carbocycles. The van der Waals surface area contributed by atoms with Crippen molar-refractivity contribution in [2.45, 2.75) is 61.4 Å². The molecular weight excluding hydrogens is 432 g/mol. The smallest absolute Gasteiger partial charge is 0.187 e. The molecular formula is C20H28O12. The molecule has 2 fully saturated rings. The molecule has 180 valence electrons. The fraction of sp³-hybridized carbons (Fsp3) is 0.600. The number of aliphatic hydroxyl groups excluding tert-OH is 7. The van der Waals surface area contributed by atoms with Crippen molar-refractivity contribution in [3.05, 3.63) is 41.7 Å². The van der Waals surface area contributed by atoms with Crippen LogP contribution in [0.3, 0.4) is 0 Å². The van der Waals surface area contributed by atoms with Crippen molar-refractivity contribution in [2.75, 3.05) is 13.7 Å². The minimum atomic E-state index is -1.78. The summed E-state index contributed by atoms with van der Waals surface area (Å²) in [5.74, 6) is -0.0552. The zero-order valence-corrected chi connectivity index (χ0v) is 17.1. The maximum atomic E-state index is 10.5. The van der Waals surface area contributed by atoms with Crippen molar-refractivity contribution in [2.24, 2.45) is 0 Å². The molecule has 12 nitrogen and oxygen atoms in total. The molecule has 12 heteroatoms. The van der Waals surface area contributed by atoms with Crippen molar-refractivity contribution in [1.82, 2.24) is 0 Å². The van der Waals surface area contributed by atoms with Crippen molar-refractivity contribution in [3.8, 4) is 0 Å². The Balaban J connectivity index is 1.85. The molecule has 0 unspecified atom stereocenters. The van der Waals surface area contributed by atoms with Crippen molar-refractivity contribution >= 4 is 6.08 Å². The molecule has 0 aromatic heterocycles. The third kappa shape index (κ3) is 5.27. The molecule has 0 bridgehead atoms. The summed E-state index contributed by atoms with van der Waals surface area (Å²) < 4.78 is 16.2. The van der Waals surface area contributed by atoms with Crippen LogP contribution in [0.5, 0.6) is 0 Å². The van der Waals surface area contributed by atoms with Crippen LogP contribution in [-0.4, -0.2) is 111 Å². The Morgan fingerprint density at radius 2 is 1.59 bits per heavy atom. The molecule has 0 spiro atoms. The third-order valence-corrected chi connectivity index (χ3v) is 5.27. The van der Waals surface area contributed by atoms with Gasteiger partial charge in [-0.25, -0.2) is 0 Å². The van der Waals surface area contributed by atoms with Gasteiger partial charge in [-0.1, -0.05) is 30.3 Å². The summed E-state index contributed by atoms with van der Waals surface area (Å²) in [4.78, 5) is 9.82. The fourth-order valence-electron chi connectivity index (χ4n) is 3.55. The summed E-state index contributed by atoms with van der Waals surface area (Å²) in [6, 6.07) is 8.80. The average molecular weight is 460 g/mol. The molecule has 1 aromatic rings. The molecule has 32 heavy (non-hydrogen) atoms. The van der Waals surface area contributed by atoms with Crippen molar-refractivity contribution in [3.63, 3.8) is 0 Å². The first-order valence-electron chi connectivity index (χ1n) is 9.91. The second-order valence-corrected chi connectivity index (χ2v) is 7.43. The van der Waals surface area contributed by atoms with Crippen LogP contribution in [0.25, 0.3) is 6.08 Å². The van der Waals surface area contributed by atoms with E-state index in [-0.39, 0.29) is 5.76 Å². The van der Waals surface area contributed by atoms with Crippen LogP contribution in [0.15, 0.2) is 36.1 Å². The first-order valence-corrected chi connectivity index (χ1v) is 9.91. The van der Waals surface area contributed by atoms with Crippen LogP contribution >= 0.6 is 0 Å². The lowest BCUT2D eigenvalue weighted by Gasteiger charge is -2.45. The van der Waals surface area contributed by atoms with Crippen LogP contribution in [0.1, 0.15) is 5.56 Å². The van der Waals surface area contributed by atoms with E-state index >= 15 is 0 Å². The Hall–Kier alpha value is -1.68. The molecule has 7 N–H and O–H groups in total. The van der Waals surface area contributed by atoms with Gasteiger partial charge in [-0.05, 0) is 11.6 Å². The Kier molecular flexibility index (Phi) is 8.55. The number of rotatable bonds is 7. The number of hydrogen-bond donors (Lipinski definition) is 7. The summed E-state index contributed by atoms with van der Waals surface area (Å²) in [5.41, 5.74) is 0.655. The predicted molar refractivity (Wildman–Crippen MR) is 104 cm³/mol. The molecule has 0 aliphatic carbocycles. The minimum absolute atomic E-state index is 0.0552. The van der Waals surface area contributed by atoms with E-state index in [0.29, 0.717) is 5.56 Å². The normalized spacial score (nSPS) is 40.8. The monoisotopic (exact) mass is 460 g/mol. The van der Waals surface area contributed by atoms with Crippen molar-refractivity contribution in [1.29, 1.82) is 0 Å². The zero-order valence-electron chi connectivity index (χ0n) is 17.1. The Morgan fingerprint density at radius 1 is 0.906 bits per heavy atom. The third-order valence-electron chi connectivity index (χ3n) is 5.27. The van der Waals surface area contributed by atoms with Gasteiger partial charge >= 0.3 is 0 Å². The molecule has 2 saturated heterocycles. The second-order valence-electron chi connectivity index (χ2n) is 7.43. The Labute approximate surface area is 183 Å². The maximum absolute atomic E-state index is 10.5. The summed E-state index contributed by atoms with van der Waals surface area (Å²) in [6.07, 6.45) is -14.7. The molecule has 0 amide bonds. The van der Waals surface area contributed by atoms with Gasteiger partial charge in [0.25, 0.3) is 0 Å². The lowest BCUT2D eigenvalue weighted by molar-refractivity contribution is -0.358. The average Bonchev–Trinajstić information content (AvgIpc) is 2.79. The molecule has 10 atom stereocenters. The van der Waals surface area contributed by atoms with Crippen LogP contribution in [-0.2, 0) is 24.0 Å². The first kappa shape index (κ1) is 25.0. The van der Waals surface area contributed by atoms with Gasteiger partial charge in [0.2, 0.25) is 0 Å². The highest BCUT2D eigenvalue weighted by Gasteiger charge is 2.51. The first-order chi connectivity index (χ1) is 15.3. The van der Waals surface area contributed by atoms with Gasteiger partial charge in [0, 0.05) is 0 Å². The van der Waals surface area contributed by atoms with E-state index in [9.17, 15) is 35.7 Å². The molecule has 0 radical (unpaired) electrons. The summed E-state index contributed by atoms with van der Waals surface area (Å²) in [7, 11) is 1.22. The Bertz CT molecular complexity index is 743. The van der Waals surface area contributed by atoms with Gasteiger partial charge in [-0.15, -0.1) is 0 Å². The largest absolute Gasteiger partial charge is 0.394 e. The van der Waals surface area contributed by atoms with Gasteiger partial charge < -0.3 is 54.8 Å². The van der Waals surface area contributed by atoms with Crippen LogP contribution < -0.4 is 0 Å². The SMILES string of the molecule is COOC(=Cc1ccccc1)[C@H]1O[C@@H](O[C@H]2[C@H](O)[C@@H](O)[C@@H](O)O[C@@H]2CO)[C@H](O)[C@@H](O)[C@H]1O. The highest BCUT2D eigenvalue weighted by atomic mass is 17.2. The molecule has 1 aromatic carbocycles. The predicted octanol–water partition coefficient (Wildman–Crippen LogP) is -2.77. The number of hydrogen-bond acceptors (Lipinski definition) is 12. The molecule has 3 rings (SSSR count). The lowest BCUT2D eigenvalue weighted by atomic mass is 9.95. The van der Waals surface area contributed by atoms with E-state index in [1.54, 1.807) is 30.3 Å². The minimum Gasteiger partial charge on any atom is -0.394 e. The molecule has 2 aliphatic rings. The van der Waals surface area contributed by atoms with Crippen LogP contribution in [0.2, 0.25) is 0 Å². The molecule has 2 aliphatic heterocycles. The summed E-state index contributed by atoms with van der Waals surface area (Å²) in [6.45, 7) is -0.700. The van der Waals surface area contributed by atoms with Gasteiger partial charge in [0.05, 0.1) is 13.7 Å². The topological polar surface area (TPSA) is 188 Å². The fourth-order valence-corrected chi connectivity index (χ4v) is 3.55. The van der Waals surface area contributed by atoms with Crippen LogP contribution in [0.4, 0.5) is 0 Å². The van der Waals surface area contributed by atoms with Gasteiger partial charge in [0.1, 0.15) is 42.7 Å². The maximum Gasteiger partial charge on any atom is 0.187 e. The standard InChI is InChI=1S/C20H28O12/c1-28-32-10(7-9-5-3-2-4-6-9)17-13(23)12(22)16(26)20(30-17)31-18-11(8-21)29-19(27)15(25)14(18)24/h2-7,11-27H,8H2,1H3/t11-,12+,13-,14-,15-,16-,17-,18-,19+,20+/m1/s1. The highest BCUT2D eigenvalue weighted by molar-refractivity contribution is 5.52. The quantitative estimate of drug-likeness (QED) is 0.126. The lowest BCUT2D eigenvalue weighted by Crippen LogP contribution is -2.64. The number of benzene rings is 1. The second kappa shape index (κ2) is 11.0. The van der Waals surface area contributed by atoms with Gasteiger partial charge in [-0.3, -0.25) is 0 Å². The summed E-state index contributed by atoms with van der Waals surface area (Å²) in [5, 5.41) is 70.5. The van der Waals surface area contributed by atoms with E-state index in [1.165, 1.54) is 13.2 Å². The van der Waals surface area contributed by atoms with E-state index in [2.05, 4.69) is 0 Å². The molecule has 2 heterocycles. The van der Waals surface area contributed by atoms with Crippen molar-refractivity contribution < 1.29 is 59.7 Å². The highest BCUT2D eigenvalue weighted by Crippen LogP contribution is 2.31. The van der Waals surface area contributed by atoms with E-state index in [0.717, 1.165) is 0 Å². The van der Waals surface area contributed by atoms with Gasteiger partial charge in [-0.2, -0.15) is 4.89 Å². The van der Waals surface area contributed by atoms with Gasteiger partial charge in [0.15, 0.2) is 24.4 Å². The zero-order chi connectivity index (χ0) is 23.4. The van der Waals surface area contributed by atoms with E-state index < -0.39 is 68.0 Å². The summed E-state index contributed by atoms with van der Waals surface area (Å²) >= 11 is 0. The Morgan fingerprint density at radius 3 is 2.22 bits per heavy atom. The number of ether oxygens (including phenoxy) is 3.